The Morgan fingerprint density at radius 3 is 2.88 bits per heavy atom. The van der Waals surface area contributed by atoms with Crippen molar-refractivity contribution in [3.63, 3.8) is 0 Å². The lowest BCUT2D eigenvalue weighted by atomic mass is 10.2. The number of rotatable bonds is 6. The van der Waals surface area contributed by atoms with Gasteiger partial charge in [0, 0.05) is 18.0 Å². The van der Waals surface area contributed by atoms with Gasteiger partial charge in [0.2, 0.25) is 5.91 Å². The van der Waals surface area contributed by atoms with E-state index in [0.717, 1.165) is 13.0 Å². The number of amides is 1. The highest BCUT2D eigenvalue weighted by Crippen LogP contribution is 2.16. The van der Waals surface area contributed by atoms with Crippen LogP contribution < -0.4 is 10.6 Å². The largest absolute Gasteiger partial charge is 0.355 e. The molecule has 0 fully saturated rings. The molecule has 0 aromatic carbocycles. The number of carbonyl (C=O) groups is 1. The van der Waals surface area contributed by atoms with E-state index in [0.29, 0.717) is 6.54 Å². The Morgan fingerprint density at radius 2 is 2.25 bits per heavy atom. The minimum Gasteiger partial charge on any atom is -0.355 e. The van der Waals surface area contributed by atoms with Crippen molar-refractivity contribution in [2.45, 2.75) is 39.8 Å². The molecule has 1 aromatic heterocycles. The summed E-state index contributed by atoms with van der Waals surface area (Å²) < 4.78 is 0. The smallest absolute Gasteiger partial charge is 0.236 e. The first-order chi connectivity index (χ1) is 7.69. The quantitative estimate of drug-likeness (QED) is 0.797. The summed E-state index contributed by atoms with van der Waals surface area (Å²) >= 11 is 1.75. The van der Waals surface area contributed by atoms with Crippen molar-refractivity contribution < 1.29 is 4.79 Å². The normalized spacial score (nSPS) is 12.4. The topological polar surface area (TPSA) is 41.1 Å². The van der Waals surface area contributed by atoms with Gasteiger partial charge in [-0.3, -0.25) is 4.79 Å². The minimum absolute atomic E-state index is 0.0668. The molecule has 4 heteroatoms. The SMILES string of the molecule is CCNC(=O)C(C)NCc1sccc1CC. The van der Waals surface area contributed by atoms with Gasteiger partial charge in [0.05, 0.1) is 6.04 Å². The zero-order valence-corrected chi connectivity index (χ0v) is 11.0. The van der Waals surface area contributed by atoms with Crippen LogP contribution in [0.25, 0.3) is 0 Å². The summed E-state index contributed by atoms with van der Waals surface area (Å²) in [7, 11) is 0. The maximum Gasteiger partial charge on any atom is 0.236 e. The highest BCUT2D eigenvalue weighted by Gasteiger charge is 2.11. The lowest BCUT2D eigenvalue weighted by Crippen LogP contribution is -2.41. The van der Waals surface area contributed by atoms with E-state index in [-0.39, 0.29) is 11.9 Å². The van der Waals surface area contributed by atoms with Gasteiger partial charge in [-0.25, -0.2) is 0 Å². The molecule has 2 N–H and O–H groups in total. The lowest BCUT2D eigenvalue weighted by Gasteiger charge is -2.13. The number of hydrogen-bond donors (Lipinski definition) is 2. The standard InChI is InChI=1S/C12H20N2OS/c1-4-10-6-7-16-11(10)8-14-9(3)12(15)13-5-2/h6-7,9,14H,4-5,8H2,1-3H3,(H,13,15). The van der Waals surface area contributed by atoms with E-state index < -0.39 is 0 Å². The Kier molecular flexibility index (Phi) is 5.49. The maximum absolute atomic E-state index is 11.5. The number of carbonyl (C=O) groups excluding carboxylic acids is 1. The monoisotopic (exact) mass is 240 g/mol. The molecular formula is C12H20N2OS. The number of nitrogens with one attached hydrogen (secondary N) is 2. The van der Waals surface area contributed by atoms with Gasteiger partial charge in [0.25, 0.3) is 0 Å². The Bertz CT molecular complexity index is 336. The summed E-state index contributed by atoms with van der Waals surface area (Å²) in [6.45, 7) is 7.44. The third kappa shape index (κ3) is 3.61. The molecule has 1 aromatic rings. The highest BCUT2D eigenvalue weighted by molar-refractivity contribution is 7.10. The van der Waals surface area contributed by atoms with E-state index in [1.54, 1.807) is 11.3 Å². The zero-order valence-electron chi connectivity index (χ0n) is 10.2. The maximum atomic E-state index is 11.5. The predicted octanol–water partition coefficient (Wildman–Crippen LogP) is 1.92. The molecule has 1 heterocycles. The Labute approximate surface area is 101 Å². The molecule has 1 unspecified atom stereocenters. The molecule has 0 radical (unpaired) electrons. The molecule has 0 aliphatic heterocycles. The molecule has 3 nitrogen and oxygen atoms in total. The fraction of sp³-hybridized carbons (Fsp3) is 0.583. The summed E-state index contributed by atoms with van der Waals surface area (Å²) in [4.78, 5) is 12.8. The minimum atomic E-state index is -0.133. The van der Waals surface area contributed by atoms with Gasteiger partial charge in [-0.05, 0) is 37.3 Å². The molecule has 0 bridgehead atoms. The van der Waals surface area contributed by atoms with Crippen LogP contribution in [0.3, 0.4) is 0 Å². The summed E-state index contributed by atoms with van der Waals surface area (Å²) in [6, 6.07) is 2.02. The van der Waals surface area contributed by atoms with Gasteiger partial charge in [0.1, 0.15) is 0 Å². The fourth-order valence-corrected chi connectivity index (χ4v) is 2.43. The highest BCUT2D eigenvalue weighted by atomic mass is 32.1. The second-order valence-corrected chi connectivity index (χ2v) is 4.72. The molecule has 90 valence electrons. The van der Waals surface area contributed by atoms with Crippen molar-refractivity contribution in [2.24, 2.45) is 0 Å². The van der Waals surface area contributed by atoms with Crippen LogP contribution in [0.1, 0.15) is 31.2 Å². The molecular weight excluding hydrogens is 220 g/mol. The van der Waals surface area contributed by atoms with Gasteiger partial charge < -0.3 is 10.6 Å². The first kappa shape index (κ1) is 13.2. The van der Waals surface area contributed by atoms with Crippen LogP contribution in [-0.4, -0.2) is 18.5 Å². The van der Waals surface area contributed by atoms with Crippen molar-refractivity contribution in [1.82, 2.24) is 10.6 Å². The van der Waals surface area contributed by atoms with E-state index in [9.17, 15) is 4.79 Å². The molecule has 0 aliphatic rings. The number of hydrogen-bond acceptors (Lipinski definition) is 3. The van der Waals surface area contributed by atoms with Gasteiger partial charge in [-0.1, -0.05) is 6.92 Å². The predicted molar refractivity (Wildman–Crippen MR) is 68.7 cm³/mol. The second-order valence-electron chi connectivity index (χ2n) is 3.72. The Morgan fingerprint density at radius 1 is 1.50 bits per heavy atom. The molecule has 0 aliphatic carbocycles. The van der Waals surface area contributed by atoms with Crippen LogP contribution in [-0.2, 0) is 17.8 Å². The van der Waals surface area contributed by atoms with Gasteiger partial charge in [-0.15, -0.1) is 11.3 Å². The zero-order chi connectivity index (χ0) is 12.0. The van der Waals surface area contributed by atoms with Crippen LogP contribution in [0, 0.1) is 0 Å². The van der Waals surface area contributed by atoms with Crippen LogP contribution in [0.4, 0.5) is 0 Å². The molecule has 0 spiro atoms. The molecule has 1 rings (SSSR count). The fourth-order valence-electron chi connectivity index (χ4n) is 1.50. The summed E-state index contributed by atoms with van der Waals surface area (Å²) in [5.41, 5.74) is 1.38. The molecule has 1 atom stereocenters. The molecule has 0 saturated heterocycles. The van der Waals surface area contributed by atoms with Crippen LogP contribution in [0.15, 0.2) is 11.4 Å². The average Bonchev–Trinajstić information content (AvgIpc) is 2.73. The molecule has 16 heavy (non-hydrogen) atoms. The van der Waals surface area contributed by atoms with Crippen LogP contribution in [0.2, 0.25) is 0 Å². The van der Waals surface area contributed by atoms with Crippen molar-refractivity contribution in [3.8, 4) is 0 Å². The number of aryl methyl sites for hydroxylation is 1. The second kappa shape index (κ2) is 6.66. The van der Waals surface area contributed by atoms with E-state index >= 15 is 0 Å². The van der Waals surface area contributed by atoms with Crippen LogP contribution in [0.5, 0.6) is 0 Å². The first-order valence-electron chi connectivity index (χ1n) is 5.75. The number of thiophene rings is 1. The van der Waals surface area contributed by atoms with E-state index in [1.165, 1.54) is 10.4 Å². The first-order valence-corrected chi connectivity index (χ1v) is 6.63. The number of likely N-dealkylation sites (N-methyl/N-ethyl adjacent to an activating group) is 1. The third-order valence-corrected chi connectivity index (χ3v) is 3.49. The van der Waals surface area contributed by atoms with E-state index in [4.69, 9.17) is 0 Å². The van der Waals surface area contributed by atoms with Crippen molar-refractivity contribution in [1.29, 1.82) is 0 Å². The van der Waals surface area contributed by atoms with Gasteiger partial charge in [-0.2, -0.15) is 0 Å². The van der Waals surface area contributed by atoms with E-state index in [1.807, 2.05) is 13.8 Å². The molecule has 0 saturated carbocycles. The summed E-state index contributed by atoms with van der Waals surface area (Å²) in [5, 5.41) is 8.15. The van der Waals surface area contributed by atoms with E-state index in [2.05, 4.69) is 29.0 Å². The summed E-state index contributed by atoms with van der Waals surface area (Å²) in [6.07, 6.45) is 1.05. The van der Waals surface area contributed by atoms with Gasteiger partial charge >= 0.3 is 0 Å². The van der Waals surface area contributed by atoms with Crippen molar-refractivity contribution >= 4 is 17.2 Å². The van der Waals surface area contributed by atoms with Crippen molar-refractivity contribution in [3.05, 3.63) is 21.9 Å². The van der Waals surface area contributed by atoms with Crippen LogP contribution >= 0.6 is 11.3 Å². The summed E-state index contributed by atoms with van der Waals surface area (Å²) in [5.74, 6) is 0.0668. The Hall–Kier alpha value is -0.870. The lowest BCUT2D eigenvalue weighted by molar-refractivity contribution is -0.122. The Balaban J connectivity index is 2.42. The van der Waals surface area contributed by atoms with Crippen molar-refractivity contribution in [2.75, 3.05) is 6.54 Å². The third-order valence-electron chi connectivity index (χ3n) is 2.53. The average molecular weight is 240 g/mol. The van der Waals surface area contributed by atoms with Gasteiger partial charge in [0.15, 0.2) is 0 Å². The molecule has 1 amide bonds.